The number of esters is 1. The molecule has 1 aromatic carbocycles. The van der Waals surface area contributed by atoms with E-state index in [1.54, 1.807) is 12.3 Å². The number of ether oxygens (including phenoxy) is 2. The Morgan fingerprint density at radius 1 is 1.32 bits per heavy atom. The van der Waals surface area contributed by atoms with Crippen molar-refractivity contribution in [3.63, 3.8) is 0 Å². The molecule has 5 nitrogen and oxygen atoms in total. The van der Waals surface area contributed by atoms with Crippen LogP contribution < -0.4 is 0 Å². The molecule has 1 aliphatic rings. The fourth-order valence-corrected chi connectivity index (χ4v) is 2.88. The molecule has 5 heteroatoms. The van der Waals surface area contributed by atoms with E-state index in [2.05, 4.69) is 9.97 Å². The Labute approximate surface area is 127 Å². The highest BCUT2D eigenvalue weighted by Crippen LogP contribution is 2.25. The lowest BCUT2D eigenvalue weighted by Crippen LogP contribution is -2.18. The predicted molar refractivity (Wildman–Crippen MR) is 82.9 cm³/mol. The molecule has 1 aliphatic heterocycles. The summed E-state index contributed by atoms with van der Waals surface area (Å²) >= 11 is 0. The van der Waals surface area contributed by atoms with Gasteiger partial charge in [0.15, 0.2) is 0 Å². The zero-order valence-corrected chi connectivity index (χ0v) is 12.0. The summed E-state index contributed by atoms with van der Waals surface area (Å²) in [5, 5.41) is 2.06. The number of rotatable bonds is 3. The summed E-state index contributed by atoms with van der Waals surface area (Å²) in [6, 6.07) is 9.76. The predicted octanol–water partition coefficient (Wildman–Crippen LogP) is 3.05. The highest BCUT2D eigenvalue weighted by molar-refractivity contribution is 6.08. The first kappa shape index (κ1) is 13.3. The third-order valence-corrected chi connectivity index (χ3v) is 4.02. The molecule has 1 N–H and O–H groups in total. The summed E-state index contributed by atoms with van der Waals surface area (Å²) in [6.45, 7) is 1.05. The van der Waals surface area contributed by atoms with Crippen LogP contribution in [-0.4, -0.2) is 35.3 Å². The van der Waals surface area contributed by atoms with E-state index >= 15 is 0 Å². The molecule has 3 heterocycles. The van der Waals surface area contributed by atoms with Gasteiger partial charge in [0.05, 0.1) is 17.8 Å². The number of pyridine rings is 1. The third kappa shape index (κ3) is 2.33. The molecular formula is C17H16N2O3. The van der Waals surface area contributed by atoms with E-state index in [0.29, 0.717) is 12.3 Å². The van der Waals surface area contributed by atoms with E-state index in [4.69, 9.17) is 9.47 Å². The van der Waals surface area contributed by atoms with Crippen molar-refractivity contribution in [3.05, 3.63) is 42.2 Å². The number of hydrogen-bond acceptors (Lipinski definition) is 4. The van der Waals surface area contributed by atoms with E-state index in [1.807, 2.05) is 24.3 Å². The normalized spacial score (nSPS) is 18.1. The van der Waals surface area contributed by atoms with Crippen LogP contribution in [0.25, 0.3) is 21.8 Å². The van der Waals surface area contributed by atoms with Crippen LogP contribution in [0.1, 0.15) is 23.3 Å². The zero-order valence-electron chi connectivity index (χ0n) is 12.0. The van der Waals surface area contributed by atoms with E-state index < -0.39 is 5.97 Å². The van der Waals surface area contributed by atoms with Crippen LogP contribution in [0.3, 0.4) is 0 Å². The van der Waals surface area contributed by atoms with Crippen molar-refractivity contribution >= 4 is 27.8 Å². The molecular weight excluding hydrogens is 280 g/mol. The topological polar surface area (TPSA) is 64.2 Å². The maximum atomic E-state index is 12.2. The van der Waals surface area contributed by atoms with Crippen LogP contribution in [0.2, 0.25) is 0 Å². The Morgan fingerprint density at radius 3 is 3.09 bits per heavy atom. The average Bonchev–Trinajstić information content (AvgIpc) is 3.19. The molecule has 22 heavy (non-hydrogen) atoms. The molecule has 2 aromatic heterocycles. The van der Waals surface area contributed by atoms with Crippen molar-refractivity contribution in [2.75, 3.05) is 13.2 Å². The number of aromatic nitrogens is 2. The first-order valence-corrected chi connectivity index (χ1v) is 7.46. The van der Waals surface area contributed by atoms with Crippen LogP contribution in [0.15, 0.2) is 36.5 Å². The number of benzene rings is 1. The SMILES string of the molecule is O=C(OCC1CCCO1)c1cc2c(cn1)[nH]c1ccccc12. The van der Waals surface area contributed by atoms with Crippen molar-refractivity contribution in [2.24, 2.45) is 0 Å². The summed E-state index contributed by atoms with van der Waals surface area (Å²) in [4.78, 5) is 19.6. The minimum Gasteiger partial charge on any atom is -0.458 e. The van der Waals surface area contributed by atoms with Crippen LogP contribution >= 0.6 is 0 Å². The number of H-pyrrole nitrogens is 1. The van der Waals surface area contributed by atoms with Gasteiger partial charge in [-0.25, -0.2) is 9.78 Å². The minimum atomic E-state index is -0.400. The molecule has 1 saturated heterocycles. The molecule has 4 rings (SSSR count). The number of nitrogens with one attached hydrogen (secondary N) is 1. The molecule has 3 aromatic rings. The van der Waals surface area contributed by atoms with E-state index in [-0.39, 0.29) is 6.10 Å². The molecule has 1 fully saturated rings. The van der Waals surface area contributed by atoms with Gasteiger partial charge in [0.2, 0.25) is 0 Å². The third-order valence-electron chi connectivity index (χ3n) is 4.02. The highest BCUT2D eigenvalue weighted by Gasteiger charge is 2.19. The second-order valence-corrected chi connectivity index (χ2v) is 5.52. The molecule has 1 unspecified atom stereocenters. The number of para-hydroxylation sites is 1. The molecule has 1 atom stereocenters. The smallest absolute Gasteiger partial charge is 0.357 e. The molecule has 0 aliphatic carbocycles. The van der Waals surface area contributed by atoms with Crippen molar-refractivity contribution in [3.8, 4) is 0 Å². The van der Waals surface area contributed by atoms with Crippen molar-refractivity contribution in [1.29, 1.82) is 0 Å². The van der Waals surface area contributed by atoms with Gasteiger partial charge in [-0.1, -0.05) is 18.2 Å². The Hall–Kier alpha value is -2.40. The van der Waals surface area contributed by atoms with Gasteiger partial charge in [-0.3, -0.25) is 0 Å². The van der Waals surface area contributed by atoms with Gasteiger partial charge < -0.3 is 14.5 Å². The molecule has 0 radical (unpaired) electrons. The second-order valence-electron chi connectivity index (χ2n) is 5.52. The quantitative estimate of drug-likeness (QED) is 0.754. The summed E-state index contributed by atoms with van der Waals surface area (Å²) in [7, 11) is 0. The van der Waals surface area contributed by atoms with Gasteiger partial charge in [0, 0.05) is 22.9 Å². The summed E-state index contributed by atoms with van der Waals surface area (Å²) in [5.74, 6) is -0.400. The minimum absolute atomic E-state index is 0.0285. The Morgan fingerprint density at radius 2 is 2.23 bits per heavy atom. The van der Waals surface area contributed by atoms with Gasteiger partial charge in [-0.05, 0) is 25.0 Å². The first-order chi connectivity index (χ1) is 10.8. The van der Waals surface area contributed by atoms with Crippen LogP contribution in [0.4, 0.5) is 0 Å². The number of carbonyl (C=O) groups excluding carboxylic acids is 1. The highest BCUT2D eigenvalue weighted by atomic mass is 16.6. The summed E-state index contributed by atoms with van der Waals surface area (Å²) in [6.07, 6.45) is 3.68. The fraction of sp³-hybridized carbons (Fsp3) is 0.294. The number of carbonyl (C=O) groups is 1. The molecule has 0 bridgehead atoms. The Balaban J connectivity index is 1.60. The van der Waals surface area contributed by atoms with E-state index in [1.165, 1.54) is 0 Å². The van der Waals surface area contributed by atoms with Crippen molar-refractivity contribution < 1.29 is 14.3 Å². The maximum absolute atomic E-state index is 12.2. The van der Waals surface area contributed by atoms with Crippen molar-refractivity contribution in [1.82, 2.24) is 9.97 Å². The average molecular weight is 296 g/mol. The molecule has 112 valence electrons. The van der Waals surface area contributed by atoms with Gasteiger partial charge in [0.1, 0.15) is 12.3 Å². The van der Waals surface area contributed by atoms with Gasteiger partial charge >= 0.3 is 5.97 Å². The zero-order chi connectivity index (χ0) is 14.9. The van der Waals surface area contributed by atoms with E-state index in [9.17, 15) is 4.79 Å². The summed E-state index contributed by atoms with van der Waals surface area (Å²) in [5.41, 5.74) is 2.27. The number of fused-ring (bicyclic) bond motifs is 3. The fourth-order valence-electron chi connectivity index (χ4n) is 2.88. The van der Waals surface area contributed by atoms with E-state index in [0.717, 1.165) is 41.3 Å². The molecule has 0 spiro atoms. The molecule has 0 saturated carbocycles. The lowest BCUT2D eigenvalue weighted by molar-refractivity contribution is 0.0156. The standard InChI is InChI=1S/C17H16N2O3/c20-17(22-10-11-4-3-7-21-11)15-8-13-12-5-1-2-6-14(12)19-16(13)9-18-15/h1-2,5-6,8-9,11,19H,3-4,7,10H2. The van der Waals surface area contributed by atoms with Crippen LogP contribution in [0, 0.1) is 0 Å². The second kappa shape index (κ2) is 5.42. The lowest BCUT2D eigenvalue weighted by Gasteiger charge is -2.09. The number of aromatic amines is 1. The van der Waals surface area contributed by atoms with Crippen LogP contribution in [0.5, 0.6) is 0 Å². The van der Waals surface area contributed by atoms with Gasteiger partial charge in [0.25, 0.3) is 0 Å². The Kier molecular flexibility index (Phi) is 3.27. The Bertz CT molecular complexity index is 834. The monoisotopic (exact) mass is 296 g/mol. The van der Waals surface area contributed by atoms with Gasteiger partial charge in [-0.15, -0.1) is 0 Å². The largest absolute Gasteiger partial charge is 0.458 e. The lowest BCUT2D eigenvalue weighted by atomic mass is 10.1. The van der Waals surface area contributed by atoms with Gasteiger partial charge in [-0.2, -0.15) is 0 Å². The van der Waals surface area contributed by atoms with Crippen LogP contribution in [-0.2, 0) is 9.47 Å². The number of hydrogen-bond donors (Lipinski definition) is 1. The first-order valence-electron chi connectivity index (χ1n) is 7.46. The number of nitrogens with zero attached hydrogens (tertiary/aromatic N) is 1. The molecule has 0 amide bonds. The summed E-state index contributed by atoms with van der Waals surface area (Å²) < 4.78 is 10.8. The van der Waals surface area contributed by atoms with Crippen molar-refractivity contribution in [2.45, 2.75) is 18.9 Å². The maximum Gasteiger partial charge on any atom is 0.357 e.